The molecule has 0 unspecified atom stereocenters. The standard InChI is InChI=1S/C11H12N4/c1-3-7-4-12-11-9(7)10-8(5-13-15-10)6(2)14-11/h4-5,13,15H,3H2,1-2H3. The van der Waals surface area contributed by atoms with Crippen LogP contribution in [0.3, 0.4) is 0 Å². The largest absolute Gasteiger partial charge is 0.307 e. The van der Waals surface area contributed by atoms with Gasteiger partial charge in [0, 0.05) is 23.2 Å². The van der Waals surface area contributed by atoms with Gasteiger partial charge in [-0.2, -0.15) is 0 Å². The molecule has 3 heterocycles. The number of fused-ring (bicyclic) bond motifs is 3. The second kappa shape index (κ2) is 2.82. The first-order valence-electron chi connectivity index (χ1n) is 5.11. The zero-order valence-electron chi connectivity index (χ0n) is 8.76. The molecule has 0 atom stereocenters. The summed E-state index contributed by atoms with van der Waals surface area (Å²) in [4.78, 5) is 8.83. The maximum absolute atomic E-state index is 4.49. The van der Waals surface area contributed by atoms with E-state index in [-0.39, 0.29) is 0 Å². The van der Waals surface area contributed by atoms with Crippen molar-refractivity contribution in [1.82, 2.24) is 20.2 Å². The van der Waals surface area contributed by atoms with Crippen LogP contribution in [0.1, 0.15) is 18.2 Å². The van der Waals surface area contributed by atoms with Crippen molar-refractivity contribution in [3.8, 4) is 0 Å². The monoisotopic (exact) mass is 200 g/mol. The molecule has 3 aromatic heterocycles. The van der Waals surface area contributed by atoms with Crippen molar-refractivity contribution >= 4 is 21.9 Å². The Balaban J connectivity index is 2.59. The van der Waals surface area contributed by atoms with E-state index >= 15 is 0 Å². The van der Waals surface area contributed by atoms with E-state index in [1.807, 2.05) is 19.3 Å². The zero-order valence-corrected chi connectivity index (χ0v) is 8.76. The summed E-state index contributed by atoms with van der Waals surface area (Å²) < 4.78 is 0. The third-order valence-electron chi connectivity index (χ3n) is 2.86. The number of rotatable bonds is 1. The molecule has 0 fully saturated rings. The van der Waals surface area contributed by atoms with E-state index in [1.54, 1.807) is 0 Å². The van der Waals surface area contributed by atoms with Crippen LogP contribution in [-0.4, -0.2) is 20.2 Å². The number of nitrogens with zero attached hydrogens (tertiary/aromatic N) is 2. The fraction of sp³-hybridized carbons (Fsp3) is 0.273. The second-order valence-corrected chi connectivity index (χ2v) is 3.74. The molecule has 0 aromatic carbocycles. The predicted molar refractivity (Wildman–Crippen MR) is 59.9 cm³/mol. The van der Waals surface area contributed by atoms with Crippen LogP contribution in [0.15, 0.2) is 12.4 Å². The molecule has 3 aromatic rings. The van der Waals surface area contributed by atoms with Gasteiger partial charge < -0.3 is 5.10 Å². The summed E-state index contributed by atoms with van der Waals surface area (Å²) in [6.45, 7) is 4.14. The summed E-state index contributed by atoms with van der Waals surface area (Å²) in [6, 6.07) is 0. The number of hydrogen-bond donors (Lipinski definition) is 2. The van der Waals surface area contributed by atoms with Crippen molar-refractivity contribution in [2.75, 3.05) is 0 Å². The number of aromatic nitrogens is 4. The van der Waals surface area contributed by atoms with Crippen LogP contribution in [-0.2, 0) is 6.42 Å². The lowest BCUT2D eigenvalue weighted by atomic mass is 10.1. The fourth-order valence-corrected chi connectivity index (χ4v) is 2.06. The molecule has 15 heavy (non-hydrogen) atoms. The molecule has 0 aliphatic heterocycles. The number of H-pyrrole nitrogens is 2. The Hall–Kier alpha value is -1.84. The average molecular weight is 200 g/mol. The van der Waals surface area contributed by atoms with E-state index in [2.05, 4.69) is 27.1 Å². The highest BCUT2D eigenvalue weighted by Crippen LogP contribution is 2.26. The van der Waals surface area contributed by atoms with E-state index in [1.165, 1.54) is 5.56 Å². The summed E-state index contributed by atoms with van der Waals surface area (Å²) in [5.74, 6) is 0. The molecule has 76 valence electrons. The third-order valence-corrected chi connectivity index (χ3v) is 2.86. The number of pyridine rings is 1. The maximum atomic E-state index is 4.49. The highest BCUT2D eigenvalue weighted by molar-refractivity contribution is 6.04. The quantitative estimate of drug-likeness (QED) is 0.633. The number of hydrogen-bond acceptors (Lipinski definition) is 2. The number of aryl methyl sites for hydroxylation is 2. The molecule has 0 aliphatic rings. The van der Waals surface area contributed by atoms with Gasteiger partial charge >= 0.3 is 0 Å². The Morgan fingerprint density at radius 3 is 3.07 bits per heavy atom. The van der Waals surface area contributed by atoms with Gasteiger partial charge in [0.15, 0.2) is 5.65 Å². The van der Waals surface area contributed by atoms with Crippen LogP contribution in [0, 0.1) is 6.92 Å². The van der Waals surface area contributed by atoms with Crippen LogP contribution in [0.5, 0.6) is 0 Å². The maximum Gasteiger partial charge on any atom is 0.161 e. The first-order valence-corrected chi connectivity index (χ1v) is 5.11. The molecule has 0 amide bonds. The first kappa shape index (κ1) is 8.47. The predicted octanol–water partition coefficient (Wildman–Crippen LogP) is 2.31. The molecule has 0 spiro atoms. The van der Waals surface area contributed by atoms with Crippen LogP contribution < -0.4 is 0 Å². The molecule has 4 nitrogen and oxygen atoms in total. The summed E-state index contributed by atoms with van der Waals surface area (Å²) in [7, 11) is 0. The highest BCUT2D eigenvalue weighted by atomic mass is 15.1. The van der Waals surface area contributed by atoms with E-state index in [9.17, 15) is 0 Å². The van der Waals surface area contributed by atoms with Gasteiger partial charge in [0.25, 0.3) is 0 Å². The zero-order chi connectivity index (χ0) is 10.4. The SMILES string of the molecule is CCc1cnc2nc(C)c3c[nH][nH]c3c12. The third kappa shape index (κ3) is 1.02. The van der Waals surface area contributed by atoms with Crippen molar-refractivity contribution < 1.29 is 0 Å². The van der Waals surface area contributed by atoms with Gasteiger partial charge in [0.1, 0.15) is 0 Å². The minimum atomic E-state index is 0.840. The smallest absolute Gasteiger partial charge is 0.161 e. The van der Waals surface area contributed by atoms with Gasteiger partial charge in [-0.1, -0.05) is 6.92 Å². The summed E-state index contributed by atoms with van der Waals surface area (Å²) in [5, 5.41) is 8.47. The van der Waals surface area contributed by atoms with Gasteiger partial charge in [-0.15, -0.1) is 0 Å². The molecule has 0 aliphatic carbocycles. The van der Waals surface area contributed by atoms with Crippen molar-refractivity contribution in [1.29, 1.82) is 0 Å². The van der Waals surface area contributed by atoms with Gasteiger partial charge in [-0.25, -0.2) is 9.97 Å². The van der Waals surface area contributed by atoms with Crippen molar-refractivity contribution in [3.63, 3.8) is 0 Å². The van der Waals surface area contributed by atoms with Crippen LogP contribution >= 0.6 is 0 Å². The normalized spacial score (nSPS) is 11.6. The minimum absolute atomic E-state index is 0.840. The average Bonchev–Trinajstić information content (AvgIpc) is 2.81. The molecular formula is C11H12N4. The van der Waals surface area contributed by atoms with E-state index in [0.29, 0.717) is 0 Å². The fourth-order valence-electron chi connectivity index (χ4n) is 2.06. The Labute approximate surface area is 86.7 Å². The van der Waals surface area contributed by atoms with Crippen molar-refractivity contribution in [2.24, 2.45) is 0 Å². The Bertz CT molecular complexity index is 632. The van der Waals surface area contributed by atoms with E-state index in [4.69, 9.17) is 0 Å². The summed E-state index contributed by atoms with van der Waals surface area (Å²) in [6.07, 6.45) is 4.84. The molecule has 4 heteroatoms. The van der Waals surface area contributed by atoms with Crippen LogP contribution in [0.2, 0.25) is 0 Å². The lowest BCUT2D eigenvalue weighted by molar-refractivity contribution is 1.12. The first-order chi connectivity index (χ1) is 7.31. The van der Waals surface area contributed by atoms with E-state index < -0.39 is 0 Å². The summed E-state index contributed by atoms with van der Waals surface area (Å²) >= 11 is 0. The lowest BCUT2D eigenvalue weighted by Gasteiger charge is -1.98. The Morgan fingerprint density at radius 1 is 1.40 bits per heavy atom. The van der Waals surface area contributed by atoms with Crippen molar-refractivity contribution in [3.05, 3.63) is 23.7 Å². The molecular weight excluding hydrogens is 188 g/mol. The van der Waals surface area contributed by atoms with Gasteiger partial charge in [-0.05, 0) is 18.9 Å². The minimum Gasteiger partial charge on any atom is -0.307 e. The van der Waals surface area contributed by atoms with Gasteiger partial charge in [-0.3, -0.25) is 5.10 Å². The highest BCUT2D eigenvalue weighted by Gasteiger charge is 2.11. The molecule has 0 bridgehead atoms. The Morgan fingerprint density at radius 2 is 2.27 bits per heavy atom. The topological polar surface area (TPSA) is 57.4 Å². The summed E-state index contributed by atoms with van der Waals surface area (Å²) in [5.41, 5.74) is 4.22. The molecule has 0 saturated carbocycles. The van der Waals surface area contributed by atoms with Crippen LogP contribution in [0.4, 0.5) is 0 Å². The number of aromatic amines is 2. The lowest BCUT2D eigenvalue weighted by Crippen LogP contribution is -1.86. The Kier molecular flexibility index (Phi) is 1.59. The molecule has 0 radical (unpaired) electrons. The van der Waals surface area contributed by atoms with Gasteiger partial charge in [0.2, 0.25) is 0 Å². The molecule has 3 rings (SSSR count). The molecule has 0 saturated heterocycles. The molecule has 2 N–H and O–H groups in total. The van der Waals surface area contributed by atoms with Crippen LogP contribution in [0.25, 0.3) is 21.9 Å². The van der Waals surface area contributed by atoms with E-state index in [0.717, 1.165) is 34.1 Å². The van der Waals surface area contributed by atoms with Crippen molar-refractivity contribution in [2.45, 2.75) is 20.3 Å². The van der Waals surface area contributed by atoms with Gasteiger partial charge in [0.05, 0.1) is 11.2 Å². The second-order valence-electron chi connectivity index (χ2n) is 3.74. The number of nitrogens with one attached hydrogen (secondary N) is 2.